The summed E-state index contributed by atoms with van der Waals surface area (Å²) in [5, 5.41) is 10.5. The van der Waals surface area contributed by atoms with Crippen LogP contribution in [-0.2, 0) is 23.8 Å². The van der Waals surface area contributed by atoms with Crippen molar-refractivity contribution in [1.29, 1.82) is 0 Å². The van der Waals surface area contributed by atoms with Crippen molar-refractivity contribution in [1.82, 2.24) is 9.96 Å². The summed E-state index contributed by atoms with van der Waals surface area (Å²) >= 11 is 0. The van der Waals surface area contributed by atoms with Crippen LogP contribution in [0.25, 0.3) is 0 Å². The minimum Gasteiger partial charge on any atom is -0.466 e. The summed E-state index contributed by atoms with van der Waals surface area (Å²) in [6.45, 7) is 10.3. The van der Waals surface area contributed by atoms with Crippen LogP contribution in [-0.4, -0.2) is 79.2 Å². The molecule has 1 N–H and O–H groups in total. The van der Waals surface area contributed by atoms with Crippen LogP contribution in [0.2, 0.25) is 0 Å². The van der Waals surface area contributed by atoms with Gasteiger partial charge in [-0.15, -0.1) is 0 Å². The number of amides is 1. The molecule has 0 saturated heterocycles. The van der Waals surface area contributed by atoms with Crippen molar-refractivity contribution in [2.45, 2.75) is 232 Å². The molecule has 0 aromatic rings. The van der Waals surface area contributed by atoms with Gasteiger partial charge in [0, 0.05) is 19.3 Å². The second-order valence-electron chi connectivity index (χ2n) is 16.0. The molecule has 0 unspecified atom stereocenters. The Kier molecular flexibility index (Phi) is 40.9. The van der Waals surface area contributed by atoms with E-state index >= 15 is 0 Å². The molecule has 9 heteroatoms. The van der Waals surface area contributed by atoms with E-state index in [1.807, 2.05) is 0 Å². The standard InChI is InChI=1S/C47H90N2O7/c1-5-8-11-14-17-26-33-43-55-45(50)37-29-22-18-24-31-39-48(41-34-42-49(53)47(52)54-4)40-32-25-19-23-30-38-46(51)56-44(35-27-20-15-12-9-6-2)36-28-21-16-13-10-7-3/h20,27,44,53H,5-19,21-26,28-43H2,1-4H3/b27-20+/t44-/m1/s1. The number of methoxy groups -OCH3 is 1. The summed E-state index contributed by atoms with van der Waals surface area (Å²) < 4.78 is 16.0. The van der Waals surface area contributed by atoms with Crippen LogP contribution >= 0.6 is 0 Å². The predicted molar refractivity (Wildman–Crippen MR) is 232 cm³/mol. The maximum atomic E-state index is 12.8. The molecule has 0 aromatic carbocycles. The Morgan fingerprint density at radius 2 is 1.02 bits per heavy atom. The topological polar surface area (TPSA) is 106 Å². The molecule has 0 rings (SSSR count). The molecule has 0 radical (unpaired) electrons. The molecule has 0 spiro atoms. The van der Waals surface area contributed by atoms with E-state index in [0.29, 0.717) is 30.9 Å². The fourth-order valence-corrected chi connectivity index (χ4v) is 7.06. The van der Waals surface area contributed by atoms with Gasteiger partial charge < -0.3 is 19.1 Å². The first-order chi connectivity index (χ1) is 27.4. The Labute approximate surface area is 345 Å². The Balaban J connectivity index is 4.40. The molecule has 1 atom stereocenters. The smallest absolute Gasteiger partial charge is 0.433 e. The average molecular weight is 795 g/mol. The monoisotopic (exact) mass is 795 g/mol. The van der Waals surface area contributed by atoms with Crippen LogP contribution in [0, 0.1) is 0 Å². The Hall–Kier alpha value is -2.13. The largest absolute Gasteiger partial charge is 0.466 e. The lowest BCUT2D eigenvalue weighted by Crippen LogP contribution is -2.33. The number of hydrogen-bond acceptors (Lipinski definition) is 8. The number of carbonyl (C=O) groups excluding carboxylic acids is 3. The Morgan fingerprint density at radius 1 is 0.536 bits per heavy atom. The van der Waals surface area contributed by atoms with Crippen LogP contribution in [0.1, 0.15) is 226 Å². The van der Waals surface area contributed by atoms with Gasteiger partial charge in [-0.25, -0.2) is 4.79 Å². The first kappa shape index (κ1) is 53.9. The Bertz CT molecular complexity index is 915. The molecule has 0 aliphatic heterocycles. The van der Waals surface area contributed by atoms with E-state index in [1.54, 1.807) is 0 Å². The maximum absolute atomic E-state index is 12.8. The number of rotatable bonds is 42. The minimum atomic E-state index is -0.731. The van der Waals surface area contributed by atoms with Gasteiger partial charge in [0.15, 0.2) is 0 Å². The molecular formula is C47H90N2O7. The van der Waals surface area contributed by atoms with Gasteiger partial charge in [0.25, 0.3) is 0 Å². The third-order valence-corrected chi connectivity index (χ3v) is 10.7. The number of nitrogens with zero attached hydrogens (tertiary/aromatic N) is 2. The fourth-order valence-electron chi connectivity index (χ4n) is 7.06. The van der Waals surface area contributed by atoms with E-state index in [4.69, 9.17) is 9.47 Å². The lowest BCUT2D eigenvalue weighted by atomic mass is 10.0. The van der Waals surface area contributed by atoms with Gasteiger partial charge in [-0.3, -0.25) is 14.8 Å². The molecule has 9 nitrogen and oxygen atoms in total. The average Bonchev–Trinajstić information content (AvgIpc) is 3.19. The number of esters is 2. The molecule has 56 heavy (non-hydrogen) atoms. The highest BCUT2D eigenvalue weighted by Crippen LogP contribution is 2.17. The number of hydrogen-bond donors (Lipinski definition) is 1. The van der Waals surface area contributed by atoms with Crippen molar-refractivity contribution in [3.05, 3.63) is 12.2 Å². The summed E-state index contributed by atoms with van der Waals surface area (Å²) in [5.41, 5.74) is 0. The molecule has 0 fully saturated rings. The van der Waals surface area contributed by atoms with Crippen molar-refractivity contribution in [2.24, 2.45) is 0 Å². The molecule has 0 bridgehead atoms. The van der Waals surface area contributed by atoms with Crippen molar-refractivity contribution >= 4 is 18.0 Å². The van der Waals surface area contributed by atoms with E-state index in [2.05, 4.69) is 42.6 Å². The van der Waals surface area contributed by atoms with E-state index in [1.165, 1.54) is 90.6 Å². The van der Waals surface area contributed by atoms with Crippen LogP contribution in [0.5, 0.6) is 0 Å². The van der Waals surface area contributed by atoms with Crippen molar-refractivity contribution < 1.29 is 33.8 Å². The second kappa shape index (κ2) is 42.5. The number of unbranched alkanes of at least 4 members (excludes halogenated alkanes) is 22. The van der Waals surface area contributed by atoms with Crippen molar-refractivity contribution in [3.8, 4) is 0 Å². The minimum absolute atomic E-state index is 0.000729. The molecule has 330 valence electrons. The maximum Gasteiger partial charge on any atom is 0.433 e. The Morgan fingerprint density at radius 3 is 1.61 bits per heavy atom. The number of allylic oxidation sites excluding steroid dienone is 1. The molecule has 1 amide bonds. The van der Waals surface area contributed by atoms with E-state index in [-0.39, 0.29) is 24.6 Å². The highest BCUT2D eigenvalue weighted by molar-refractivity contribution is 5.69. The molecule has 0 aromatic heterocycles. The quantitative estimate of drug-likeness (QED) is 0.0163. The molecule has 0 heterocycles. The number of ether oxygens (including phenoxy) is 3. The van der Waals surface area contributed by atoms with Gasteiger partial charge in [0.05, 0.1) is 20.3 Å². The summed E-state index contributed by atoms with van der Waals surface area (Å²) in [7, 11) is 1.27. The van der Waals surface area contributed by atoms with Crippen LogP contribution in [0.4, 0.5) is 4.79 Å². The first-order valence-electron chi connectivity index (χ1n) is 23.6. The summed E-state index contributed by atoms with van der Waals surface area (Å²) in [6, 6.07) is 0. The molecule has 0 saturated carbocycles. The van der Waals surface area contributed by atoms with Gasteiger partial charge in [-0.2, -0.15) is 5.06 Å². The summed E-state index contributed by atoms with van der Waals surface area (Å²) in [5.74, 6) is -0.106. The second-order valence-corrected chi connectivity index (χ2v) is 16.0. The summed E-state index contributed by atoms with van der Waals surface area (Å²) in [6.07, 6.45) is 38.5. The normalized spacial score (nSPS) is 12.0. The van der Waals surface area contributed by atoms with E-state index in [0.717, 1.165) is 122 Å². The third kappa shape index (κ3) is 37.4. The summed E-state index contributed by atoms with van der Waals surface area (Å²) in [4.78, 5) is 38.9. The van der Waals surface area contributed by atoms with E-state index < -0.39 is 6.09 Å². The highest BCUT2D eigenvalue weighted by Gasteiger charge is 2.14. The first-order valence-corrected chi connectivity index (χ1v) is 23.6. The van der Waals surface area contributed by atoms with Crippen LogP contribution in [0.15, 0.2) is 12.2 Å². The SMILES string of the molecule is CCCCC/C=C/C[C@H](CCCCCCCC)OC(=O)CCCCCCCN(CCCCCCCC(=O)OCCCCCCCCC)CCCN(O)C(=O)OC. The zero-order valence-corrected chi connectivity index (χ0v) is 37.2. The van der Waals surface area contributed by atoms with Crippen LogP contribution < -0.4 is 0 Å². The number of carbonyl (C=O) groups is 3. The van der Waals surface area contributed by atoms with Crippen molar-refractivity contribution in [2.75, 3.05) is 39.9 Å². The predicted octanol–water partition coefficient (Wildman–Crippen LogP) is 13.3. The van der Waals surface area contributed by atoms with Gasteiger partial charge in [-0.1, -0.05) is 155 Å². The molecule has 0 aliphatic rings. The molecule has 0 aliphatic carbocycles. The lowest BCUT2D eigenvalue weighted by molar-refractivity contribution is -0.149. The van der Waals surface area contributed by atoms with Gasteiger partial charge in [0.1, 0.15) is 6.10 Å². The van der Waals surface area contributed by atoms with Gasteiger partial charge in [0.2, 0.25) is 0 Å². The zero-order valence-electron chi connectivity index (χ0n) is 37.2. The van der Waals surface area contributed by atoms with Crippen LogP contribution in [0.3, 0.4) is 0 Å². The zero-order chi connectivity index (χ0) is 41.2. The lowest BCUT2D eigenvalue weighted by Gasteiger charge is -2.23. The highest BCUT2D eigenvalue weighted by atomic mass is 16.6. The van der Waals surface area contributed by atoms with Gasteiger partial charge >= 0.3 is 18.0 Å². The van der Waals surface area contributed by atoms with Gasteiger partial charge in [-0.05, 0) is 83.8 Å². The third-order valence-electron chi connectivity index (χ3n) is 10.7. The van der Waals surface area contributed by atoms with E-state index in [9.17, 15) is 19.6 Å². The molecular weight excluding hydrogens is 705 g/mol. The van der Waals surface area contributed by atoms with Crippen molar-refractivity contribution in [3.63, 3.8) is 0 Å². The fraction of sp³-hybridized carbons (Fsp3) is 0.894. The number of hydroxylamine groups is 2.